The summed E-state index contributed by atoms with van der Waals surface area (Å²) in [5.41, 5.74) is -0.126. The van der Waals surface area contributed by atoms with Crippen molar-refractivity contribution in [2.24, 2.45) is 40.4 Å². The first-order valence-corrected chi connectivity index (χ1v) is 13.6. The van der Waals surface area contributed by atoms with Gasteiger partial charge < -0.3 is 15.2 Å². The van der Waals surface area contributed by atoms with Crippen LogP contribution in [0, 0.1) is 51.8 Å². The molecule has 0 aromatic carbocycles. The van der Waals surface area contributed by atoms with E-state index >= 15 is 0 Å². The molecule has 8 atom stereocenters. The molecule has 1 aromatic heterocycles. The Morgan fingerprint density at radius 2 is 1.91 bits per heavy atom. The summed E-state index contributed by atoms with van der Waals surface area (Å²) in [4.78, 5) is 21.6. The molecule has 0 bridgehead atoms. The molecule has 1 aromatic rings. The maximum absolute atomic E-state index is 13.4. The Hall–Kier alpha value is -2.04. The monoisotopic (exact) mass is 480 g/mol. The van der Waals surface area contributed by atoms with Crippen LogP contribution in [0.15, 0.2) is 12.4 Å². The Morgan fingerprint density at radius 1 is 1.11 bits per heavy atom. The predicted octanol–water partition coefficient (Wildman–Crippen LogP) is 4.71. The van der Waals surface area contributed by atoms with Crippen LogP contribution in [-0.4, -0.2) is 39.8 Å². The average molecular weight is 481 g/mol. The molecule has 190 valence electrons. The molecule has 4 aliphatic rings. The van der Waals surface area contributed by atoms with Crippen LogP contribution in [0.2, 0.25) is 0 Å². The third kappa shape index (κ3) is 4.17. The summed E-state index contributed by atoms with van der Waals surface area (Å²) in [5, 5.41) is 23.1. The second kappa shape index (κ2) is 9.12. The van der Waals surface area contributed by atoms with Gasteiger partial charge in [0.25, 0.3) is 0 Å². The Kier molecular flexibility index (Phi) is 6.42. The molecule has 0 spiro atoms. The van der Waals surface area contributed by atoms with Gasteiger partial charge in [-0.1, -0.05) is 13.8 Å². The van der Waals surface area contributed by atoms with Crippen LogP contribution in [0.5, 0.6) is 0 Å². The van der Waals surface area contributed by atoms with Crippen LogP contribution in [-0.2, 0) is 9.53 Å². The first-order chi connectivity index (χ1) is 16.7. The van der Waals surface area contributed by atoms with E-state index in [0.717, 1.165) is 38.5 Å². The van der Waals surface area contributed by atoms with Crippen LogP contribution in [0.4, 0.5) is 5.82 Å². The van der Waals surface area contributed by atoms with Crippen molar-refractivity contribution in [3.8, 4) is 6.07 Å². The Bertz CT molecular complexity index is 993. The number of anilines is 1. The molecular weight excluding hydrogens is 440 g/mol. The van der Waals surface area contributed by atoms with Gasteiger partial charge in [-0.25, -0.2) is 9.97 Å². The molecule has 7 heteroatoms. The highest BCUT2D eigenvalue weighted by molar-refractivity contribution is 5.92. The van der Waals surface area contributed by atoms with E-state index in [1.807, 2.05) is 13.0 Å². The maximum atomic E-state index is 13.4. The van der Waals surface area contributed by atoms with E-state index in [4.69, 9.17) is 10.00 Å². The van der Waals surface area contributed by atoms with Gasteiger partial charge >= 0.3 is 0 Å². The topological polar surface area (TPSA) is 108 Å². The minimum Gasteiger partial charge on any atom is -0.387 e. The van der Waals surface area contributed by atoms with Crippen molar-refractivity contribution in [2.75, 3.05) is 18.5 Å². The fourth-order valence-electron chi connectivity index (χ4n) is 8.84. The van der Waals surface area contributed by atoms with Crippen LogP contribution in [0.3, 0.4) is 0 Å². The van der Waals surface area contributed by atoms with Gasteiger partial charge in [-0.2, -0.15) is 5.26 Å². The number of aromatic nitrogens is 2. The number of rotatable bonds is 5. The number of nitriles is 1. The Morgan fingerprint density at radius 3 is 2.63 bits per heavy atom. The molecule has 0 saturated heterocycles. The molecule has 4 fully saturated rings. The Labute approximate surface area is 209 Å². The smallest absolute Gasteiger partial charge is 0.229 e. The van der Waals surface area contributed by atoms with Gasteiger partial charge in [-0.05, 0) is 99.2 Å². The third-order valence-electron chi connectivity index (χ3n) is 10.7. The van der Waals surface area contributed by atoms with E-state index in [-0.39, 0.29) is 28.3 Å². The van der Waals surface area contributed by atoms with Gasteiger partial charge in [0.15, 0.2) is 11.5 Å². The highest BCUT2D eigenvalue weighted by Crippen LogP contribution is 2.68. The molecule has 0 aliphatic heterocycles. The van der Waals surface area contributed by atoms with E-state index in [1.54, 1.807) is 0 Å². The van der Waals surface area contributed by atoms with Gasteiger partial charge in [0.2, 0.25) is 5.91 Å². The number of aliphatic hydroxyl groups is 1. The number of amides is 1. The minimum atomic E-state index is -0.666. The molecule has 7 nitrogen and oxygen atoms in total. The van der Waals surface area contributed by atoms with Crippen molar-refractivity contribution in [1.82, 2.24) is 9.97 Å². The summed E-state index contributed by atoms with van der Waals surface area (Å²) < 4.78 is 5.64. The van der Waals surface area contributed by atoms with E-state index in [9.17, 15) is 9.90 Å². The molecule has 35 heavy (non-hydrogen) atoms. The van der Waals surface area contributed by atoms with E-state index in [1.165, 1.54) is 31.7 Å². The lowest BCUT2D eigenvalue weighted by molar-refractivity contribution is -0.165. The summed E-state index contributed by atoms with van der Waals surface area (Å²) in [7, 11) is 0. The molecule has 2 N–H and O–H groups in total. The first kappa shape index (κ1) is 24.6. The number of fused-ring (bicyclic) bond motifs is 5. The number of hydrogen-bond acceptors (Lipinski definition) is 6. The summed E-state index contributed by atoms with van der Waals surface area (Å²) in [5.74, 6) is 2.94. The van der Waals surface area contributed by atoms with Crippen LogP contribution in [0.1, 0.15) is 84.3 Å². The fourth-order valence-corrected chi connectivity index (χ4v) is 8.84. The zero-order valence-electron chi connectivity index (χ0n) is 21.4. The van der Waals surface area contributed by atoms with E-state index < -0.39 is 5.60 Å². The van der Waals surface area contributed by atoms with Crippen molar-refractivity contribution in [1.29, 1.82) is 5.26 Å². The van der Waals surface area contributed by atoms with Gasteiger partial charge in [0, 0.05) is 12.5 Å². The minimum absolute atomic E-state index is 0.0127. The van der Waals surface area contributed by atoms with E-state index in [0.29, 0.717) is 42.7 Å². The quantitative estimate of drug-likeness (QED) is 0.632. The van der Waals surface area contributed by atoms with Crippen molar-refractivity contribution in [3.63, 3.8) is 0 Å². The summed E-state index contributed by atoms with van der Waals surface area (Å²) >= 11 is 0. The maximum Gasteiger partial charge on any atom is 0.229 e. The lowest BCUT2D eigenvalue weighted by Gasteiger charge is -2.62. The zero-order valence-corrected chi connectivity index (χ0v) is 21.4. The fraction of sp³-hybridized carbons (Fsp3) is 0.786. The average Bonchev–Trinajstić information content (AvgIpc) is 3.21. The molecule has 1 amide bonds. The SMILES string of the molecule is CCOC[C@@]1(O)CC[C@@]2(C)[C@H](CC[C@@H]3[C@@H]2CC[C@]2(C)[C@@H](C(=O)Nc4cnc(C#N)cn4)CC[C@@H]32)C1. The molecule has 4 aliphatic carbocycles. The molecular formula is C28H40N4O3. The summed E-state index contributed by atoms with van der Waals surface area (Å²) in [6, 6.07) is 1.96. The number of nitrogens with one attached hydrogen (secondary N) is 1. The number of ether oxygens (including phenoxy) is 1. The highest BCUT2D eigenvalue weighted by atomic mass is 16.5. The predicted molar refractivity (Wildman–Crippen MR) is 132 cm³/mol. The lowest BCUT2D eigenvalue weighted by atomic mass is 9.44. The number of carbonyl (C=O) groups is 1. The number of hydrogen-bond donors (Lipinski definition) is 2. The van der Waals surface area contributed by atoms with Gasteiger partial charge in [0.05, 0.1) is 24.6 Å². The first-order valence-electron chi connectivity index (χ1n) is 13.6. The zero-order chi connectivity index (χ0) is 24.8. The van der Waals surface area contributed by atoms with Gasteiger partial charge in [-0.15, -0.1) is 0 Å². The van der Waals surface area contributed by atoms with Crippen molar-refractivity contribution >= 4 is 11.7 Å². The van der Waals surface area contributed by atoms with Crippen molar-refractivity contribution < 1.29 is 14.6 Å². The summed E-state index contributed by atoms with van der Waals surface area (Å²) in [6.45, 7) is 7.96. The largest absolute Gasteiger partial charge is 0.387 e. The van der Waals surface area contributed by atoms with E-state index in [2.05, 4.69) is 29.1 Å². The number of carbonyl (C=O) groups excluding carboxylic acids is 1. The molecule has 1 heterocycles. The molecule has 0 radical (unpaired) electrons. The van der Waals surface area contributed by atoms with Crippen LogP contribution < -0.4 is 5.32 Å². The van der Waals surface area contributed by atoms with Crippen molar-refractivity contribution in [3.05, 3.63) is 18.1 Å². The normalized spacial score (nSPS) is 42.3. The van der Waals surface area contributed by atoms with Crippen molar-refractivity contribution in [2.45, 2.75) is 84.2 Å². The van der Waals surface area contributed by atoms with Gasteiger partial charge in [0.1, 0.15) is 6.07 Å². The van der Waals surface area contributed by atoms with Gasteiger partial charge in [-0.3, -0.25) is 4.79 Å². The Balaban J connectivity index is 1.29. The molecule has 5 rings (SSSR count). The second-order valence-electron chi connectivity index (χ2n) is 12.3. The molecule has 4 saturated carbocycles. The standard InChI is InChI=1S/C28H40N4O3/c1-4-35-17-28(34)12-11-26(2)18(13-28)5-6-20-21-7-8-23(27(21,3)10-9-22(20)26)25(33)32-24-16-30-19(14-29)15-31-24/h15-16,18,20-23,34H,4-13,17H2,1-3H3,(H,31,32,33)/t18-,20+,21+,22+,23-,26+,27+,28-/m1/s1. The van der Waals surface area contributed by atoms with Crippen LogP contribution >= 0.6 is 0 Å². The number of nitrogens with zero attached hydrogens (tertiary/aromatic N) is 3. The lowest BCUT2D eigenvalue weighted by Crippen LogP contribution is -2.57. The second-order valence-corrected chi connectivity index (χ2v) is 12.3. The molecule has 0 unspecified atom stereocenters. The summed E-state index contributed by atoms with van der Waals surface area (Å²) in [6.07, 6.45) is 12.3. The van der Waals surface area contributed by atoms with Crippen LogP contribution in [0.25, 0.3) is 0 Å². The highest BCUT2D eigenvalue weighted by Gasteiger charge is 2.62. The third-order valence-corrected chi connectivity index (χ3v) is 10.7.